The molecule has 0 aromatic heterocycles. The second-order valence-corrected chi connectivity index (χ2v) is 6.48. The van der Waals surface area contributed by atoms with Gasteiger partial charge in [-0.1, -0.05) is 54.1 Å². The highest BCUT2D eigenvalue weighted by Gasteiger charge is 2.18. The van der Waals surface area contributed by atoms with E-state index >= 15 is 0 Å². The molecule has 1 saturated heterocycles. The molecule has 3 rings (SSSR count). The third-order valence-corrected chi connectivity index (χ3v) is 4.56. The smallest absolute Gasteiger partial charge is 0.0409 e. The summed E-state index contributed by atoms with van der Waals surface area (Å²) in [4.78, 5) is 2.55. The minimum absolute atomic E-state index is 0.617. The topological polar surface area (TPSA) is 15.3 Å². The van der Waals surface area contributed by atoms with Gasteiger partial charge in [0.25, 0.3) is 0 Å². The van der Waals surface area contributed by atoms with Crippen LogP contribution in [0.1, 0.15) is 24.0 Å². The summed E-state index contributed by atoms with van der Waals surface area (Å²) in [5.74, 6) is 0. The minimum atomic E-state index is 0.617. The Morgan fingerprint density at radius 1 is 0.955 bits per heavy atom. The fourth-order valence-corrected chi connectivity index (χ4v) is 3.26. The summed E-state index contributed by atoms with van der Waals surface area (Å²) in [6.45, 7) is 4.32. The molecule has 1 aliphatic heterocycles. The number of rotatable bonds is 5. The zero-order valence-corrected chi connectivity index (χ0v) is 13.6. The number of hydrogen-bond acceptors (Lipinski definition) is 2. The SMILES string of the molecule is Clc1cccc(CNC2CCN(Cc3ccccc3)CC2)c1. The van der Waals surface area contributed by atoms with Gasteiger partial charge in [0, 0.05) is 24.2 Å². The Bertz CT molecular complexity index is 577. The molecule has 116 valence electrons. The minimum Gasteiger partial charge on any atom is -0.310 e. The molecule has 0 bridgehead atoms. The Labute approximate surface area is 138 Å². The molecule has 1 heterocycles. The van der Waals surface area contributed by atoms with E-state index in [1.165, 1.54) is 37.1 Å². The van der Waals surface area contributed by atoms with Gasteiger partial charge < -0.3 is 5.32 Å². The van der Waals surface area contributed by atoms with E-state index in [0.717, 1.165) is 18.1 Å². The zero-order valence-electron chi connectivity index (χ0n) is 12.8. The molecule has 3 heteroatoms. The van der Waals surface area contributed by atoms with Crippen LogP contribution in [0.15, 0.2) is 54.6 Å². The molecule has 2 aromatic rings. The number of piperidine rings is 1. The normalized spacial score (nSPS) is 16.8. The predicted molar refractivity (Wildman–Crippen MR) is 93.0 cm³/mol. The Morgan fingerprint density at radius 3 is 2.41 bits per heavy atom. The summed E-state index contributed by atoms with van der Waals surface area (Å²) in [5.41, 5.74) is 2.67. The first-order valence-corrected chi connectivity index (χ1v) is 8.41. The summed E-state index contributed by atoms with van der Waals surface area (Å²) in [6, 6.07) is 19.5. The molecular formula is C19H23ClN2. The fourth-order valence-electron chi connectivity index (χ4n) is 3.05. The largest absolute Gasteiger partial charge is 0.310 e. The summed E-state index contributed by atoms with van der Waals surface area (Å²) in [7, 11) is 0. The van der Waals surface area contributed by atoms with Crippen molar-refractivity contribution in [2.45, 2.75) is 32.0 Å². The van der Waals surface area contributed by atoms with Crippen molar-refractivity contribution in [2.24, 2.45) is 0 Å². The Morgan fingerprint density at radius 2 is 1.68 bits per heavy atom. The van der Waals surface area contributed by atoms with Gasteiger partial charge >= 0.3 is 0 Å². The van der Waals surface area contributed by atoms with Gasteiger partial charge in [0.2, 0.25) is 0 Å². The molecule has 0 radical (unpaired) electrons. The van der Waals surface area contributed by atoms with Gasteiger partial charge in [-0.25, -0.2) is 0 Å². The Balaban J connectivity index is 1.42. The van der Waals surface area contributed by atoms with Crippen LogP contribution in [0.4, 0.5) is 0 Å². The molecular weight excluding hydrogens is 292 g/mol. The second kappa shape index (κ2) is 7.77. The van der Waals surface area contributed by atoms with E-state index in [-0.39, 0.29) is 0 Å². The number of hydrogen-bond donors (Lipinski definition) is 1. The van der Waals surface area contributed by atoms with Gasteiger partial charge in [0.15, 0.2) is 0 Å². The van der Waals surface area contributed by atoms with Crippen molar-refractivity contribution in [3.05, 3.63) is 70.7 Å². The van der Waals surface area contributed by atoms with E-state index in [1.54, 1.807) is 0 Å². The lowest BCUT2D eigenvalue weighted by Gasteiger charge is -2.32. The summed E-state index contributed by atoms with van der Waals surface area (Å²) in [6.07, 6.45) is 2.43. The third kappa shape index (κ3) is 4.57. The molecule has 2 nitrogen and oxygen atoms in total. The standard InChI is InChI=1S/C19H23ClN2/c20-18-8-4-7-17(13-18)14-21-19-9-11-22(12-10-19)15-16-5-2-1-3-6-16/h1-8,13,19,21H,9-12,14-15H2. The van der Waals surface area contributed by atoms with Gasteiger partial charge in [-0.05, 0) is 49.2 Å². The lowest BCUT2D eigenvalue weighted by atomic mass is 10.0. The lowest BCUT2D eigenvalue weighted by molar-refractivity contribution is 0.190. The van der Waals surface area contributed by atoms with E-state index in [9.17, 15) is 0 Å². The third-order valence-electron chi connectivity index (χ3n) is 4.32. The van der Waals surface area contributed by atoms with Crippen molar-refractivity contribution in [3.63, 3.8) is 0 Å². The van der Waals surface area contributed by atoms with Gasteiger partial charge in [0.05, 0.1) is 0 Å². The van der Waals surface area contributed by atoms with Crippen LogP contribution in [0.2, 0.25) is 5.02 Å². The van der Waals surface area contributed by atoms with E-state index in [0.29, 0.717) is 6.04 Å². The number of benzene rings is 2. The monoisotopic (exact) mass is 314 g/mol. The van der Waals surface area contributed by atoms with Crippen molar-refractivity contribution >= 4 is 11.6 Å². The molecule has 0 amide bonds. The van der Waals surface area contributed by atoms with E-state index in [4.69, 9.17) is 11.6 Å². The summed E-state index contributed by atoms with van der Waals surface area (Å²) < 4.78 is 0. The number of nitrogens with one attached hydrogen (secondary N) is 1. The van der Waals surface area contributed by atoms with Crippen LogP contribution in [-0.4, -0.2) is 24.0 Å². The van der Waals surface area contributed by atoms with Gasteiger partial charge in [-0.2, -0.15) is 0 Å². The maximum Gasteiger partial charge on any atom is 0.0409 e. The van der Waals surface area contributed by atoms with Crippen LogP contribution in [0, 0.1) is 0 Å². The van der Waals surface area contributed by atoms with Gasteiger partial charge in [-0.3, -0.25) is 4.90 Å². The molecule has 0 atom stereocenters. The van der Waals surface area contributed by atoms with Crippen molar-refractivity contribution in [3.8, 4) is 0 Å². The number of likely N-dealkylation sites (tertiary alicyclic amines) is 1. The summed E-state index contributed by atoms with van der Waals surface area (Å²) >= 11 is 6.03. The average molecular weight is 315 g/mol. The maximum atomic E-state index is 6.03. The van der Waals surface area contributed by atoms with Crippen molar-refractivity contribution in [1.82, 2.24) is 10.2 Å². The molecule has 0 unspecified atom stereocenters. The number of halogens is 1. The Hall–Kier alpha value is -1.35. The summed E-state index contributed by atoms with van der Waals surface area (Å²) in [5, 5.41) is 4.48. The lowest BCUT2D eigenvalue weighted by Crippen LogP contribution is -2.41. The molecule has 0 saturated carbocycles. The van der Waals surface area contributed by atoms with Crippen LogP contribution >= 0.6 is 11.6 Å². The van der Waals surface area contributed by atoms with E-state index < -0.39 is 0 Å². The Kier molecular flexibility index (Phi) is 5.49. The first-order valence-electron chi connectivity index (χ1n) is 8.04. The number of nitrogens with zero attached hydrogens (tertiary/aromatic N) is 1. The van der Waals surface area contributed by atoms with Gasteiger partial charge in [0.1, 0.15) is 0 Å². The molecule has 0 spiro atoms. The highest BCUT2D eigenvalue weighted by atomic mass is 35.5. The quantitative estimate of drug-likeness (QED) is 0.894. The van der Waals surface area contributed by atoms with Crippen LogP contribution < -0.4 is 5.32 Å². The molecule has 22 heavy (non-hydrogen) atoms. The zero-order chi connectivity index (χ0) is 15.2. The second-order valence-electron chi connectivity index (χ2n) is 6.05. The first kappa shape index (κ1) is 15.5. The van der Waals surface area contributed by atoms with Crippen LogP contribution in [0.5, 0.6) is 0 Å². The first-order chi connectivity index (χ1) is 10.8. The highest BCUT2D eigenvalue weighted by molar-refractivity contribution is 6.30. The van der Waals surface area contributed by atoms with Crippen LogP contribution in [0.25, 0.3) is 0 Å². The average Bonchev–Trinajstić information content (AvgIpc) is 2.55. The molecule has 1 N–H and O–H groups in total. The van der Waals surface area contributed by atoms with Gasteiger partial charge in [-0.15, -0.1) is 0 Å². The maximum absolute atomic E-state index is 6.03. The van der Waals surface area contributed by atoms with Crippen molar-refractivity contribution in [2.75, 3.05) is 13.1 Å². The highest BCUT2D eigenvalue weighted by Crippen LogP contribution is 2.15. The molecule has 0 aliphatic carbocycles. The van der Waals surface area contributed by atoms with E-state index in [2.05, 4.69) is 46.6 Å². The van der Waals surface area contributed by atoms with Crippen molar-refractivity contribution in [1.29, 1.82) is 0 Å². The van der Waals surface area contributed by atoms with E-state index in [1.807, 2.05) is 18.2 Å². The van der Waals surface area contributed by atoms with Crippen LogP contribution in [-0.2, 0) is 13.1 Å². The predicted octanol–water partition coefficient (Wildman–Crippen LogP) is 4.09. The molecule has 2 aromatic carbocycles. The fraction of sp³-hybridized carbons (Fsp3) is 0.368. The van der Waals surface area contributed by atoms with Crippen molar-refractivity contribution < 1.29 is 0 Å². The van der Waals surface area contributed by atoms with Crippen LogP contribution in [0.3, 0.4) is 0 Å². The molecule has 1 aliphatic rings. The molecule has 1 fully saturated rings.